The minimum atomic E-state index is -3.68. The Bertz CT molecular complexity index is 1260. The summed E-state index contributed by atoms with van der Waals surface area (Å²) in [6.45, 7) is -0.900. The van der Waals surface area contributed by atoms with Gasteiger partial charge in [0.25, 0.3) is 5.91 Å². The first-order valence-corrected chi connectivity index (χ1v) is 10.3. The van der Waals surface area contributed by atoms with Gasteiger partial charge in [-0.1, -0.05) is 24.3 Å². The van der Waals surface area contributed by atoms with Gasteiger partial charge in [-0.15, -0.1) is 0 Å². The quantitative estimate of drug-likeness (QED) is 0.511. The minimum Gasteiger partial charge on any atom is -0.394 e. The molecule has 0 fully saturated rings. The number of carbonyl (C=O) groups excluding carboxylic acids is 1. The van der Waals surface area contributed by atoms with E-state index < -0.39 is 41.8 Å². The van der Waals surface area contributed by atoms with Crippen molar-refractivity contribution in [3.63, 3.8) is 0 Å². The van der Waals surface area contributed by atoms with Crippen molar-refractivity contribution >= 4 is 17.2 Å². The third kappa shape index (κ3) is 4.60. The lowest BCUT2D eigenvalue weighted by atomic mass is 9.98. The van der Waals surface area contributed by atoms with Crippen molar-refractivity contribution in [2.24, 2.45) is 4.99 Å². The summed E-state index contributed by atoms with van der Waals surface area (Å²) in [5, 5.41) is 11.7. The highest BCUT2D eigenvalue weighted by Crippen LogP contribution is 2.31. The van der Waals surface area contributed by atoms with Crippen molar-refractivity contribution in [1.82, 2.24) is 10.3 Å². The molecule has 0 saturated heterocycles. The highest BCUT2D eigenvalue weighted by atomic mass is 19.3. The number of halogens is 4. The highest BCUT2D eigenvalue weighted by Gasteiger charge is 2.43. The van der Waals surface area contributed by atoms with E-state index in [1.54, 1.807) is 18.2 Å². The molecule has 5 nitrogen and oxygen atoms in total. The van der Waals surface area contributed by atoms with Crippen LogP contribution in [0.25, 0.3) is 5.57 Å². The van der Waals surface area contributed by atoms with Crippen molar-refractivity contribution in [3.05, 3.63) is 107 Å². The average Bonchev–Trinajstić information content (AvgIpc) is 3.32. The summed E-state index contributed by atoms with van der Waals surface area (Å²) in [6, 6.07) is 11.3. The fraction of sp³-hybridized carbons (Fsp3) is 0.160. The van der Waals surface area contributed by atoms with Crippen molar-refractivity contribution in [1.29, 1.82) is 0 Å². The first-order chi connectivity index (χ1) is 16.3. The van der Waals surface area contributed by atoms with E-state index in [0.29, 0.717) is 11.1 Å². The van der Waals surface area contributed by atoms with Crippen LogP contribution in [0.4, 0.5) is 17.6 Å². The van der Waals surface area contributed by atoms with Crippen molar-refractivity contribution in [2.75, 3.05) is 13.2 Å². The lowest BCUT2D eigenvalue weighted by Crippen LogP contribution is -2.49. The Balaban J connectivity index is 1.63. The zero-order chi connectivity index (χ0) is 24.3. The van der Waals surface area contributed by atoms with Crippen LogP contribution < -0.4 is 5.32 Å². The van der Waals surface area contributed by atoms with Gasteiger partial charge in [-0.25, -0.2) is 8.78 Å². The predicted molar refractivity (Wildman–Crippen MR) is 119 cm³/mol. The number of aliphatic imine (C=N–C) groups is 1. The van der Waals surface area contributed by atoms with Gasteiger partial charge in [-0.3, -0.25) is 14.8 Å². The van der Waals surface area contributed by atoms with Crippen LogP contribution in [-0.4, -0.2) is 40.9 Å². The summed E-state index contributed by atoms with van der Waals surface area (Å²) in [5.74, 6) is -5.85. The Labute approximate surface area is 192 Å². The summed E-state index contributed by atoms with van der Waals surface area (Å²) < 4.78 is 57.8. The number of allylic oxidation sites excluding steroid dienone is 1. The third-order valence-electron chi connectivity index (χ3n) is 5.39. The fourth-order valence-corrected chi connectivity index (χ4v) is 3.62. The summed E-state index contributed by atoms with van der Waals surface area (Å²) >= 11 is 0. The number of rotatable bonds is 7. The van der Waals surface area contributed by atoms with Crippen LogP contribution >= 0.6 is 0 Å². The molecule has 174 valence electrons. The molecule has 1 aromatic heterocycles. The number of nitrogens with zero attached hydrogens (tertiary/aromatic N) is 2. The molecule has 4 rings (SSSR count). The number of amides is 1. The molecule has 1 aliphatic heterocycles. The van der Waals surface area contributed by atoms with Gasteiger partial charge in [0.05, 0.1) is 24.4 Å². The number of aliphatic hydroxyl groups is 1. The lowest BCUT2D eigenvalue weighted by molar-refractivity contribution is -0.0603. The van der Waals surface area contributed by atoms with E-state index in [2.05, 4.69) is 15.3 Å². The van der Waals surface area contributed by atoms with Crippen LogP contribution in [0.2, 0.25) is 0 Å². The van der Waals surface area contributed by atoms with E-state index in [1.807, 2.05) is 0 Å². The average molecular weight is 469 g/mol. The van der Waals surface area contributed by atoms with E-state index in [1.165, 1.54) is 42.6 Å². The molecule has 1 atom stereocenters. The second kappa shape index (κ2) is 9.56. The number of carbonyl (C=O) groups is 1. The van der Waals surface area contributed by atoms with Gasteiger partial charge in [0.15, 0.2) is 0 Å². The maximum Gasteiger partial charge on any atom is 0.311 e. The summed E-state index contributed by atoms with van der Waals surface area (Å²) in [5.41, 5.74) is 0.512. The topological polar surface area (TPSA) is 74.6 Å². The van der Waals surface area contributed by atoms with Gasteiger partial charge in [0.1, 0.15) is 23.4 Å². The summed E-state index contributed by atoms with van der Waals surface area (Å²) in [4.78, 5) is 20.9. The van der Waals surface area contributed by atoms with E-state index in [9.17, 15) is 27.5 Å². The first-order valence-electron chi connectivity index (χ1n) is 10.3. The number of aromatic nitrogens is 1. The standard InChI is InChI=1S/C25H19F4N3O2/c26-17-9-7-15(8-10-17)16-12-20(31-13-16)23-18(4-3-5-19(23)27)24(34)32-22(14-33)25(28,29)21-6-1-2-11-30-21/h1-12,22,33H,13-14H2,(H,32,34)/t22-/m0/s1. The Morgan fingerprint density at radius 1 is 1.06 bits per heavy atom. The molecule has 2 heterocycles. The van der Waals surface area contributed by atoms with Gasteiger partial charge in [-0.05, 0) is 53.6 Å². The lowest BCUT2D eigenvalue weighted by Gasteiger charge is -2.26. The molecule has 1 aliphatic rings. The van der Waals surface area contributed by atoms with Crippen molar-refractivity contribution in [3.8, 4) is 0 Å². The second-order valence-electron chi connectivity index (χ2n) is 7.59. The third-order valence-corrected chi connectivity index (χ3v) is 5.39. The van der Waals surface area contributed by atoms with Gasteiger partial charge in [0.2, 0.25) is 0 Å². The molecule has 9 heteroatoms. The molecule has 0 aliphatic carbocycles. The number of nitrogens with one attached hydrogen (secondary N) is 1. The van der Waals surface area contributed by atoms with Gasteiger partial charge in [-0.2, -0.15) is 8.78 Å². The molecular weight excluding hydrogens is 450 g/mol. The van der Waals surface area contributed by atoms with Gasteiger partial charge >= 0.3 is 5.92 Å². The van der Waals surface area contributed by atoms with Crippen molar-refractivity contribution < 1.29 is 27.5 Å². The molecular formula is C25H19F4N3O2. The molecule has 3 aromatic rings. The number of benzene rings is 2. The Morgan fingerprint density at radius 2 is 1.82 bits per heavy atom. The number of hydrogen-bond donors (Lipinski definition) is 2. The number of hydrogen-bond acceptors (Lipinski definition) is 4. The molecule has 0 saturated carbocycles. The fourth-order valence-electron chi connectivity index (χ4n) is 3.62. The normalized spacial score (nSPS) is 14.4. The maximum absolute atomic E-state index is 14.9. The van der Waals surface area contributed by atoms with E-state index >= 15 is 0 Å². The Hall–Kier alpha value is -3.85. The molecule has 34 heavy (non-hydrogen) atoms. The summed E-state index contributed by atoms with van der Waals surface area (Å²) in [6.07, 6.45) is 2.74. The molecule has 2 N–H and O–H groups in total. The van der Waals surface area contributed by atoms with Gasteiger partial charge in [0, 0.05) is 11.8 Å². The largest absolute Gasteiger partial charge is 0.394 e. The molecule has 0 radical (unpaired) electrons. The SMILES string of the molecule is O=C(N[C@@H](CO)C(F)(F)c1ccccn1)c1cccc(F)c1C1=NCC(c2ccc(F)cc2)=C1. The van der Waals surface area contributed by atoms with E-state index in [4.69, 9.17) is 0 Å². The summed E-state index contributed by atoms with van der Waals surface area (Å²) in [7, 11) is 0. The zero-order valence-electron chi connectivity index (χ0n) is 17.7. The minimum absolute atomic E-state index is 0.152. The zero-order valence-corrected chi connectivity index (χ0v) is 17.7. The maximum atomic E-state index is 14.9. The Kier molecular flexibility index (Phi) is 6.56. The second-order valence-corrected chi connectivity index (χ2v) is 7.59. The van der Waals surface area contributed by atoms with Crippen LogP contribution in [0.15, 0.2) is 77.9 Å². The van der Waals surface area contributed by atoms with Crippen LogP contribution in [0.3, 0.4) is 0 Å². The van der Waals surface area contributed by atoms with Crippen LogP contribution in [0, 0.1) is 11.6 Å². The van der Waals surface area contributed by atoms with Crippen LogP contribution in [0.1, 0.15) is 27.2 Å². The smallest absolute Gasteiger partial charge is 0.311 e. The number of pyridine rings is 1. The molecule has 0 spiro atoms. The van der Waals surface area contributed by atoms with Crippen molar-refractivity contribution in [2.45, 2.75) is 12.0 Å². The highest BCUT2D eigenvalue weighted by molar-refractivity contribution is 6.19. The van der Waals surface area contributed by atoms with Crippen LogP contribution in [0.5, 0.6) is 0 Å². The molecule has 2 aromatic carbocycles. The molecule has 1 amide bonds. The Morgan fingerprint density at radius 3 is 2.50 bits per heavy atom. The van der Waals surface area contributed by atoms with Gasteiger partial charge < -0.3 is 10.4 Å². The van der Waals surface area contributed by atoms with Crippen LogP contribution in [-0.2, 0) is 5.92 Å². The number of alkyl halides is 2. The van der Waals surface area contributed by atoms with E-state index in [-0.39, 0.29) is 23.4 Å². The molecule has 0 bridgehead atoms. The monoisotopic (exact) mass is 469 g/mol. The number of aliphatic hydroxyl groups excluding tert-OH is 1. The van der Waals surface area contributed by atoms with E-state index in [0.717, 1.165) is 12.1 Å². The molecule has 0 unspecified atom stereocenters. The first kappa shape index (κ1) is 23.3. The predicted octanol–water partition coefficient (Wildman–Crippen LogP) is 4.13.